The molecule has 0 unspecified atom stereocenters. The van der Waals surface area contributed by atoms with Crippen LogP contribution in [0.3, 0.4) is 0 Å². The molecule has 312 valence electrons. The van der Waals surface area contributed by atoms with Crippen molar-refractivity contribution < 1.29 is 4.79 Å². The second-order valence-electron chi connectivity index (χ2n) is 18.7. The molecule has 0 aromatic heterocycles. The van der Waals surface area contributed by atoms with Crippen LogP contribution in [-0.2, 0) is 17.6 Å². The summed E-state index contributed by atoms with van der Waals surface area (Å²) < 4.78 is 0. The van der Waals surface area contributed by atoms with E-state index in [9.17, 15) is 4.79 Å². The van der Waals surface area contributed by atoms with Gasteiger partial charge in [0.1, 0.15) is 5.78 Å². The monoisotopic (exact) mass is 779 g/mol. The molecule has 4 aromatic carbocycles. The number of benzene rings is 4. The van der Waals surface area contributed by atoms with Gasteiger partial charge in [-0.3, -0.25) is 4.79 Å². The number of hydrogen-bond acceptors (Lipinski definition) is 1. The summed E-state index contributed by atoms with van der Waals surface area (Å²) in [5.74, 6) is 3.84. The van der Waals surface area contributed by atoms with Crippen LogP contribution in [-0.4, -0.2) is 5.78 Å². The van der Waals surface area contributed by atoms with Crippen LogP contribution in [0.15, 0.2) is 97.1 Å². The largest absolute Gasteiger partial charge is 0.300 e. The Morgan fingerprint density at radius 2 is 0.707 bits per heavy atom. The van der Waals surface area contributed by atoms with Gasteiger partial charge < -0.3 is 0 Å². The molecular formula is C57H78O. The van der Waals surface area contributed by atoms with Gasteiger partial charge in [-0.25, -0.2) is 0 Å². The Bertz CT molecular complexity index is 1570. The first-order chi connectivity index (χ1) is 28.6. The molecule has 6 rings (SSSR count). The van der Waals surface area contributed by atoms with Gasteiger partial charge in [-0.1, -0.05) is 188 Å². The van der Waals surface area contributed by atoms with E-state index in [1.807, 2.05) is 0 Å². The summed E-state index contributed by atoms with van der Waals surface area (Å²) in [6, 6.07) is 37.2. The molecule has 2 fully saturated rings. The van der Waals surface area contributed by atoms with Crippen LogP contribution in [0.2, 0.25) is 0 Å². The Balaban J connectivity index is 0.716. The molecule has 0 N–H and O–H groups in total. The maximum atomic E-state index is 12.5. The van der Waals surface area contributed by atoms with Crippen molar-refractivity contribution in [3.63, 3.8) is 0 Å². The lowest BCUT2D eigenvalue weighted by molar-refractivity contribution is -0.119. The fourth-order valence-corrected chi connectivity index (χ4v) is 10.5. The van der Waals surface area contributed by atoms with Crippen molar-refractivity contribution in [2.24, 2.45) is 11.8 Å². The van der Waals surface area contributed by atoms with E-state index in [0.29, 0.717) is 5.78 Å². The van der Waals surface area contributed by atoms with Crippen LogP contribution >= 0.6 is 0 Å². The summed E-state index contributed by atoms with van der Waals surface area (Å²) in [5.41, 5.74) is 11.3. The van der Waals surface area contributed by atoms with Crippen molar-refractivity contribution in [3.8, 4) is 22.3 Å². The van der Waals surface area contributed by atoms with Gasteiger partial charge in [-0.15, -0.1) is 0 Å². The van der Waals surface area contributed by atoms with Crippen molar-refractivity contribution >= 4 is 5.78 Å². The molecule has 0 amide bonds. The minimum absolute atomic E-state index is 0.514. The van der Waals surface area contributed by atoms with E-state index < -0.39 is 0 Å². The fourth-order valence-electron chi connectivity index (χ4n) is 10.5. The highest BCUT2D eigenvalue weighted by atomic mass is 16.1. The molecule has 2 aliphatic rings. The van der Waals surface area contributed by atoms with Crippen molar-refractivity contribution in [2.75, 3.05) is 0 Å². The van der Waals surface area contributed by atoms with Gasteiger partial charge >= 0.3 is 0 Å². The quantitative estimate of drug-likeness (QED) is 0.0648. The van der Waals surface area contributed by atoms with Crippen molar-refractivity contribution in [2.45, 2.75) is 193 Å². The Morgan fingerprint density at radius 1 is 0.397 bits per heavy atom. The number of ketones is 1. The zero-order chi connectivity index (χ0) is 40.2. The highest BCUT2D eigenvalue weighted by Crippen LogP contribution is 2.40. The molecular weight excluding hydrogens is 701 g/mol. The number of carbonyl (C=O) groups excluding carboxylic acids is 1. The normalized spacial score (nSPS) is 19.6. The van der Waals surface area contributed by atoms with Crippen LogP contribution < -0.4 is 0 Å². The molecule has 1 heteroatoms. The van der Waals surface area contributed by atoms with Gasteiger partial charge in [0.2, 0.25) is 0 Å². The van der Waals surface area contributed by atoms with Crippen LogP contribution in [0.1, 0.15) is 202 Å². The maximum Gasteiger partial charge on any atom is 0.132 e. The predicted octanol–water partition coefficient (Wildman–Crippen LogP) is 17.2. The summed E-state index contributed by atoms with van der Waals surface area (Å²) >= 11 is 0. The van der Waals surface area contributed by atoms with Gasteiger partial charge in [0, 0.05) is 12.8 Å². The molecule has 0 saturated heterocycles. The van der Waals surface area contributed by atoms with Crippen LogP contribution in [0.25, 0.3) is 22.3 Å². The summed E-state index contributed by atoms with van der Waals surface area (Å²) in [5, 5.41) is 0. The van der Waals surface area contributed by atoms with Crippen LogP contribution in [0, 0.1) is 11.8 Å². The number of rotatable bonds is 24. The third-order valence-electron chi connectivity index (χ3n) is 14.2. The molecule has 1 nitrogen and oxygen atoms in total. The second-order valence-corrected chi connectivity index (χ2v) is 18.7. The van der Waals surface area contributed by atoms with Crippen LogP contribution in [0.4, 0.5) is 0 Å². The Kier molecular flexibility index (Phi) is 18.7. The molecule has 4 aromatic rings. The zero-order valence-corrected chi connectivity index (χ0v) is 36.8. The van der Waals surface area contributed by atoms with E-state index in [1.54, 1.807) is 11.1 Å². The molecule has 0 heterocycles. The number of carbonyl (C=O) groups is 1. The minimum atomic E-state index is 0.514. The summed E-state index contributed by atoms with van der Waals surface area (Å²) in [6.45, 7) is 4.49. The average molecular weight is 779 g/mol. The second kappa shape index (κ2) is 24.6. The lowest BCUT2D eigenvalue weighted by Gasteiger charge is -2.29. The first-order valence-electron chi connectivity index (χ1n) is 24.5. The first kappa shape index (κ1) is 44.1. The lowest BCUT2D eigenvalue weighted by atomic mass is 9.77. The van der Waals surface area contributed by atoms with Crippen molar-refractivity contribution in [3.05, 3.63) is 119 Å². The Hall–Kier alpha value is -3.45. The Labute approximate surface area is 355 Å². The molecule has 58 heavy (non-hydrogen) atoms. The summed E-state index contributed by atoms with van der Waals surface area (Å²) in [6.07, 6.45) is 32.9. The topological polar surface area (TPSA) is 17.1 Å². The predicted molar refractivity (Wildman–Crippen MR) is 251 cm³/mol. The SMILES string of the molecule is CCCc1ccc(-c2ccc(C3CCC(CCCCCCCC(=O)CCCCCCCC4CCC(c5ccc(-c6ccc(CCC)cc6)cc5)CC4)CC3)cc2)cc1. The number of unbranched alkanes of at least 4 members (excludes halogenated alkanes) is 8. The molecule has 0 spiro atoms. The molecule has 2 aliphatic carbocycles. The Morgan fingerprint density at radius 3 is 1.05 bits per heavy atom. The number of hydrogen-bond donors (Lipinski definition) is 0. The molecule has 0 bridgehead atoms. The standard InChI is InChI=1S/C57H78O/c1-3-15-45-21-29-49(30-22-45)53-37-41-55(42-38-53)51-33-25-47(26-34-51)17-11-7-5-9-13-19-57(58)20-14-10-6-8-12-18-48-27-35-52(36-28-48)56-43-39-54(40-44-56)50-31-23-46(16-4-2)24-32-50/h21-24,29-32,37-44,47-48,51-52H,3-20,25-28,33-36H2,1-2H3. The molecule has 0 atom stereocenters. The highest BCUT2D eigenvalue weighted by molar-refractivity contribution is 5.78. The lowest BCUT2D eigenvalue weighted by Crippen LogP contribution is -2.13. The number of aryl methyl sites for hydroxylation is 2. The molecule has 0 aliphatic heterocycles. The highest BCUT2D eigenvalue weighted by Gasteiger charge is 2.23. The molecule has 0 radical (unpaired) electrons. The third kappa shape index (κ3) is 14.4. The van der Waals surface area contributed by atoms with Gasteiger partial charge in [0.05, 0.1) is 0 Å². The fraction of sp³-hybridized carbons (Fsp3) is 0.561. The van der Waals surface area contributed by atoms with E-state index in [1.165, 1.54) is 175 Å². The van der Waals surface area contributed by atoms with Gasteiger partial charge in [-0.05, 0) is 145 Å². The maximum absolute atomic E-state index is 12.5. The minimum Gasteiger partial charge on any atom is -0.300 e. The zero-order valence-electron chi connectivity index (χ0n) is 36.8. The molecule has 2 saturated carbocycles. The van der Waals surface area contributed by atoms with Gasteiger partial charge in [0.15, 0.2) is 0 Å². The van der Waals surface area contributed by atoms with Crippen molar-refractivity contribution in [1.29, 1.82) is 0 Å². The van der Waals surface area contributed by atoms with E-state index in [4.69, 9.17) is 0 Å². The van der Waals surface area contributed by atoms with Crippen LogP contribution in [0.5, 0.6) is 0 Å². The van der Waals surface area contributed by atoms with E-state index >= 15 is 0 Å². The third-order valence-corrected chi connectivity index (χ3v) is 14.2. The van der Waals surface area contributed by atoms with E-state index in [0.717, 1.165) is 49.4 Å². The summed E-state index contributed by atoms with van der Waals surface area (Å²) in [7, 11) is 0. The van der Waals surface area contributed by atoms with Gasteiger partial charge in [-0.2, -0.15) is 0 Å². The van der Waals surface area contributed by atoms with E-state index in [2.05, 4.69) is 111 Å². The first-order valence-corrected chi connectivity index (χ1v) is 24.5. The van der Waals surface area contributed by atoms with Crippen molar-refractivity contribution in [1.82, 2.24) is 0 Å². The smallest absolute Gasteiger partial charge is 0.132 e. The summed E-state index contributed by atoms with van der Waals surface area (Å²) in [4.78, 5) is 12.5. The van der Waals surface area contributed by atoms with E-state index in [-0.39, 0.29) is 0 Å². The number of Topliss-reactive ketones (excluding diaryl/α,β-unsaturated/α-hetero) is 1. The van der Waals surface area contributed by atoms with Gasteiger partial charge in [0.25, 0.3) is 0 Å². The average Bonchev–Trinajstić information content (AvgIpc) is 3.27.